The average Bonchev–Trinajstić information content (AvgIpc) is 3.13. The summed E-state index contributed by atoms with van der Waals surface area (Å²) in [7, 11) is 0. The number of nitrogens with one attached hydrogen (secondary N) is 2. The minimum Gasteiger partial charge on any atom is -0.272 e. The Morgan fingerprint density at radius 3 is 2.64 bits per heavy atom. The van der Waals surface area contributed by atoms with Gasteiger partial charge in [-0.2, -0.15) is 10.2 Å². The van der Waals surface area contributed by atoms with Crippen molar-refractivity contribution in [2.75, 3.05) is 0 Å². The largest absolute Gasteiger partial charge is 0.289 e. The Bertz CT molecular complexity index is 893. The number of aryl methyl sites for hydroxylation is 1. The highest BCUT2D eigenvalue weighted by Gasteiger charge is 2.09. The Morgan fingerprint density at radius 1 is 1.12 bits per heavy atom. The van der Waals surface area contributed by atoms with E-state index in [1.165, 1.54) is 11.8 Å². The fourth-order valence-electron chi connectivity index (χ4n) is 2.23. The molecule has 0 aliphatic carbocycles. The van der Waals surface area contributed by atoms with Crippen LogP contribution in [0.25, 0.3) is 17.3 Å². The maximum Gasteiger partial charge on any atom is 0.289 e. The monoisotopic (exact) mass is 330 g/mol. The summed E-state index contributed by atoms with van der Waals surface area (Å²) in [6, 6.07) is 19.5. The van der Waals surface area contributed by atoms with Crippen molar-refractivity contribution in [1.29, 1.82) is 0 Å². The molecular weight excluding hydrogens is 312 g/mol. The molecule has 2 N–H and O–H groups in total. The molecule has 1 amide bonds. The number of aromatic amines is 1. The first-order valence-corrected chi connectivity index (χ1v) is 7.90. The Morgan fingerprint density at radius 2 is 1.88 bits per heavy atom. The predicted octanol–water partition coefficient (Wildman–Crippen LogP) is 3.81. The normalized spacial score (nSPS) is 11.2. The fraction of sp³-hybridized carbons (Fsp3) is 0.0500. The van der Waals surface area contributed by atoms with E-state index in [2.05, 4.69) is 20.7 Å². The first-order chi connectivity index (χ1) is 12.2. The summed E-state index contributed by atoms with van der Waals surface area (Å²) in [6.45, 7) is 2.03. The molecule has 0 saturated carbocycles. The van der Waals surface area contributed by atoms with Crippen molar-refractivity contribution in [2.45, 2.75) is 6.92 Å². The van der Waals surface area contributed by atoms with Crippen LogP contribution in [0.15, 0.2) is 71.8 Å². The SMILES string of the molecule is Cc1ccc(-c2cc(C(=O)NN=CC=Cc3ccccc3)[nH]n2)cc1. The van der Waals surface area contributed by atoms with Gasteiger partial charge in [0, 0.05) is 11.8 Å². The van der Waals surface area contributed by atoms with Crippen LogP contribution in [-0.2, 0) is 0 Å². The van der Waals surface area contributed by atoms with Gasteiger partial charge in [-0.1, -0.05) is 66.2 Å². The first-order valence-electron chi connectivity index (χ1n) is 7.90. The smallest absolute Gasteiger partial charge is 0.272 e. The van der Waals surface area contributed by atoms with E-state index in [9.17, 15) is 4.79 Å². The summed E-state index contributed by atoms with van der Waals surface area (Å²) < 4.78 is 0. The lowest BCUT2D eigenvalue weighted by atomic mass is 10.1. The van der Waals surface area contributed by atoms with Gasteiger partial charge in [0.25, 0.3) is 5.91 Å². The van der Waals surface area contributed by atoms with Gasteiger partial charge in [0.15, 0.2) is 0 Å². The standard InChI is InChI=1S/C20H18N4O/c1-15-9-11-17(12-10-15)18-14-19(23-22-18)20(25)24-21-13-5-8-16-6-3-2-4-7-16/h2-14H,1H3,(H,22,23)(H,24,25). The van der Waals surface area contributed by atoms with Gasteiger partial charge in [0.1, 0.15) is 5.69 Å². The van der Waals surface area contributed by atoms with Gasteiger partial charge in [-0.3, -0.25) is 9.89 Å². The average molecular weight is 330 g/mol. The van der Waals surface area contributed by atoms with Crippen molar-refractivity contribution in [3.05, 3.63) is 83.6 Å². The van der Waals surface area contributed by atoms with Crippen molar-refractivity contribution in [3.63, 3.8) is 0 Å². The summed E-state index contributed by atoms with van der Waals surface area (Å²) in [5, 5.41) is 10.8. The fourth-order valence-corrected chi connectivity index (χ4v) is 2.23. The number of nitrogens with zero attached hydrogens (tertiary/aromatic N) is 2. The van der Waals surface area contributed by atoms with Gasteiger partial charge in [-0.25, -0.2) is 5.43 Å². The molecule has 5 heteroatoms. The van der Waals surface area contributed by atoms with Gasteiger partial charge in [0.05, 0.1) is 5.69 Å². The van der Waals surface area contributed by atoms with Crippen LogP contribution in [0.2, 0.25) is 0 Å². The summed E-state index contributed by atoms with van der Waals surface area (Å²) >= 11 is 0. The van der Waals surface area contributed by atoms with E-state index in [0.717, 1.165) is 16.8 Å². The van der Waals surface area contributed by atoms with Crippen LogP contribution in [0.3, 0.4) is 0 Å². The minimum absolute atomic E-state index is 0.338. The van der Waals surface area contributed by atoms with Crippen LogP contribution in [0.1, 0.15) is 21.6 Å². The molecule has 0 radical (unpaired) electrons. The van der Waals surface area contributed by atoms with Crippen LogP contribution in [-0.4, -0.2) is 22.3 Å². The van der Waals surface area contributed by atoms with Crippen molar-refractivity contribution < 1.29 is 4.79 Å². The molecule has 0 aliphatic heterocycles. The molecule has 3 aromatic rings. The lowest BCUT2D eigenvalue weighted by Gasteiger charge is -1.96. The zero-order chi connectivity index (χ0) is 17.5. The molecule has 0 aliphatic rings. The molecule has 3 rings (SSSR count). The van der Waals surface area contributed by atoms with E-state index in [-0.39, 0.29) is 5.91 Å². The van der Waals surface area contributed by atoms with Crippen LogP contribution >= 0.6 is 0 Å². The number of rotatable bonds is 5. The number of carbonyl (C=O) groups is 1. The molecule has 0 unspecified atom stereocenters. The third kappa shape index (κ3) is 4.51. The molecule has 0 bridgehead atoms. The number of hydrazone groups is 1. The van der Waals surface area contributed by atoms with E-state index in [0.29, 0.717) is 5.69 Å². The lowest BCUT2D eigenvalue weighted by Crippen LogP contribution is -2.17. The second-order valence-corrected chi connectivity index (χ2v) is 5.52. The molecule has 1 heterocycles. The van der Waals surface area contributed by atoms with E-state index in [1.54, 1.807) is 12.1 Å². The van der Waals surface area contributed by atoms with Crippen molar-refractivity contribution in [1.82, 2.24) is 15.6 Å². The molecule has 5 nitrogen and oxygen atoms in total. The number of benzene rings is 2. The van der Waals surface area contributed by atoms with Gasteiger partial charge in [-0.05, 0) is 24.6 Å². The Balaban J connectivity index is 1.57. The summed E-state index contributed by atoms with van der Waals surface area (Å²) in [5.41, 5.74) is 6.74. The molecule has 0 fully saturated rings. The molecule has 0 atom stereocenters. The van der Waals surface area contributed by atoms with Crippen molar-refractivity contribution >= 4 is 18.2 Å². The molecular formula is C20H18N4O. The van der Waals surface area contributed by atoms with Crippen molar-refractivity contribution in [3.8, 4) is 11.3 Å². The van der Waals surface area contributed by atoms with E-state index in [1.807, 2.05) is 67.6 Å². The van der Waals surface area contributed by atoms with E-state index >= 15 is 0 Å². The molecule has 2 aromatic carbocycles. The topological polar surface area (TPSA) is 70.1 Å². The summed E-state index contributed by atoms with van der Waals surface area (Å²) in [4.78, 5) is 12.1. The first kappa shape index (κ1) is 16.4. The maximum atomic E-state index is 12.1. The third-order valence-electron chi connectivity index (χ3n) is 3.58. The third-order valence-corrected chi connectivity index (χ3v) is 3.58. The zero-order valence-corrected chi connectivity index (χ0v) is 13.8. The van der Waals surface area contributed by atoms with Crippen LogP contribution < -0.4 is 5.43 Å². The number of carbonyl (C=O) groups excluding carboxylic acids is 1. The van der Waals surface area contributed by atoms with E-state index < -0.39 is 0 Å². The second-order valence-electron chi connectivity index (χ2n) is 5.52. The number of amides is 1. The highest BCUT2D eigenvalue weighted by Crippen LogP contribution is 2.18. The Hall–Kier alpha value is -3.47. The molecule has 0 spiro atoms. The number of aromatic nitrogens is 2. The number of H-pyrrole nitrogens is 1. The number of allylic oxidation sites excluding steroid dienone is 1. The van der Waals surface area contributed by atoms with Gasteiger partial charge >= 0.3 is 0 Å². The van der Waals surface area contributed by atoms with E-state index in [4.69, 9.17) is 0 Å². The molecule has 25 heavy (non-hydrogen) atoms. The predicted molar refractivity (Wildman–Crippen MR) is 100 cm³/mol. The van der Waals surface area contributed by atoms with Gasteiger partial charge in [0.2, 0.25) is 0 Å². The van der Waals surface area contributed by atoms with Crippen molar-refractivity contribution in [2.24, 2.45) is 5.10 Å². The number of hydrogen-bond donors (Lipinski definition) is 2. The molecule has 0 saturated heterocycles. The number of hydrogen-bond acceptors (Lipinski definition) is 3. The highest BCUT2D eigenvalue weighted by atomic mass is 16.2. The highest BCUT2D eigenvalue weighted by molar-refractivity contribution is 5.93. The molecule has 1 aromatic heterocycles. The second kappa shape index (κ2) is 7.88. The van der Waals surface area contributed by atoms with Crippen LogP contribution in [0.4, 0.5) is 0 Å². The lowest BCUT2D eigenvalue weighted by molar-refractivity contribution is 0.0950. The Labute approximate surface area is 146 Å². The minimum atomic E-state index is -0.338. The van der Waals surface area contributed by atoms with Gasteiger partial charge < -0.3 is 0 Å². The van der Waals surface area contributed by atoms with Crippen LogP contribution in [0.5, 0.6) is 0 Å². The zero-order valence-electron chi connectivity index (χ0n) is 13.8. The Kier molecular flexibility index (Phi) is 5.16. The maximum absolute atomic E-state index is 12.1. The summed E-state index contributed by atoms with van der Waals surface area (Å²) in [6.07, 6.45) is 5.20. The quantitative estimate of drug-likeness (QED) is 0.551. The van der Waals surface area contributed by atoms with Gasteiger partial charge in [-0.15, -0.1) is 0 Å². The summed E-state index contributed by atoms with van der Waals surface area (Å²) in [5.74, 6) is -0.338. The van der Waals surface area contributed by atoms with Crippen LogP contribution in [0, 0.1) is 6.92 Å². The molecule has 124 valence electrons.